The summed E-state index contributed by atoms with van der Waals surface area (Å²) in [4.78, 5) is 22.2. The summed E-state index contributed by atoms with van der Waals surface area (Å²) in [6.45, 7) is 4.44. The first-order valence-corrected chi connectivity index (χ1v) is 7.97. The molecule has 9 heteroatoms. The molecule has 2 heterocycles. The Morgan fingerprint density at radius 3 is 2.77 bits per heavy atom. The molecule has 0 radical (unpaired) electrons. The second-order valence-corrected chi connectivity index (χ2v) is 5.99. The number of amides is 1. The van der Waals surface area contributed by atoms with Crippen molar-refractivity contribution in [3.8, 4) is 0 Å². The summed E-state index contributed by atoms with van der Waals surface area (Å²) in [7, 11) is 0. The van der Waals surface area contributed by atoms with Crippen LogP contribution < -0.4 is 5.32 Å². The standard InChI is InChI=1S/C17H18N6O3/c1-12-6-13(2)22(20-12)9-14-4-3-5-15(7-14)19-17(24)11-21-10-16(8-18-21)23(25)26/h3-8,10H,9,11H2,1-2H3,(H,19,24). The Labute approximate surface area is 149 Å². The van der Waals surface area contributed by atoms with Crippen LogP contribution in [-0.4, -0.2) is 30.4 Å². The number of aryl methyl sites for hydroxylation is 2. The third-order valence-corrected chi connectivity index (χ3v) is 3.78. The first-order chi connectivity index (χ1) is 12.4. The van der Waals surface area contributed by atoms with E-state index in [-0.39, 0.29) is 18.1 Å². The van der Waals surface area contributed by atoms with Gasteiger partial charge in [0.1, 0.15) is 18.9 Å². The molecule has 1 aromatic carbocycles. The highest BCUT2D eigenvalue weighted by atomic mass is 16.6. The lowest BCUT2D eigenvalue weighted by Crippen LogP contribution is -2.19. The number of nitrogens with zero attached hydrogens (tertiary/aromatic N) is 5. The topological polar surface area (TPSA) is 108 Å². The normalized spacial score (nSPS) is 10.7. The summed E-state index contributed by atoms with van der Waals surface area (Å²) in [5.74, 6) is -0.314. The van der Waals surface area contributed by atoms with Crippen LogP contribution in [0.15, 0.2) is 42.7 Å². The molecule has 0 fully saturated rings. The molecule has 0 saturated heterocycles. The van der Waals surface area contributed by atoms with Gasteiger partial charge in [0.2, 0.25) is 5.91 Å². The van der Waals surface area contributed by atoms with Gasteiger partial charge in [-0.2, -0.15) is 10.2 Å². The Balaban J connectivity index is 1.65. The van der Waals surface area contributed by atoms with Crippen molar-refractivity contribution in [2.45, 2.75) is 26.9 Å². The van der Waals surface area contributed by atoms with Gasteiger partial charge in [0.05, 0.1) is 17.2 Å². The van der Waals surface area contributed by atoms with Gasteiger partial charge in [-0.1, -0.05) is 12.1 Å². The van der Waals surface area contributed by atoms with Crippen LogP contribution in [0.2, 0.25) is 0 Å². The first-order valence-electron chi connectivity index (χ1n) is 7.97. The highest BCUT2D eigenvalue weighted by Crippen LogP contribution is 2.14. The highest BCUT2D eigenvalue weighted by Gasteiger charge is 2.11. The minimum Gasteiger partial charge on any atom is -0.324 e. The van der Waals surface area contributed by atoms with Crippen molar-refractivity contribution in [3.63, 3.8) is 0 Å². The van der Waals surface area contributed by atoms with Crippen molar-refractivity contribution in [3.05, 3.63) is 69.8 Å². The summed E-state index contributed by atoms with van der Waals surface area (Å²) in [6.07, 6.45) is 2.33. The van der Waals surface area contributed by atoms with E-state index in [1.54, 1.807) is 6.07 Å². The monoisotopic (exact) mass is 354 g/mol. The maximum atomic E-state index is 12.1. The fraction of sp³-hybridized carbons (Fsp3) is 0.235. The Kier molecular flexibility index (Phi) is 4.78. The highest BCUT2D eigenvalue weighted by molar-refractivity contribution is 5.90. The molecule has 3 aromatic rings. The molecule has 0 saturated carbocycles. The number of benzene rings is 1. The zero-order valence-corrected chi connectivity index (χ0v) is 14.4. The summed E-state index contributed by atoms with van der Waals surface area (Å²) < 4.78 is 3.13. The molecule has 1 N–H and O–H groups in total. The summed E-state index contributed by atoms with van der Waals surface area (Å²) >= 11 is 0. The molecular formula is C17H18N6O3. The Hall–Kier alpha value is -3.49. The lowest BCUT2D eigenvalue weighted by molar-refractivity contribution is -0.385. The fourth-order valence-electron chi connectivity index (χ4n) is 2.64. The van der Waals surface area contributed by atoms with E-state index in [0.717, 1.165) is 23.1 Å². The second kappa shape index (κ2) is 7.18. The number of hydrogen-bond acceptors (Lipinski definition) is 5. The van der Waals surface area contributed by atoms with E-state index >= 15 is 0 Å². The van der Waals surface area contributed by atoms with Gasteiger partial charge in [0, 0.05) is 11.4 Å². The van der Waals surface area contributed by atoms with Gasteiger partial charge in [-0.05, 0) is 37.6 Å². The molecule has 3 rings (SSSR count). The fourth-order valence-corrected chi connectivity index (χ4v) is 2.64. The van der Waals surface area contributed by atoms with E-state index in [4.69, 9.17) is 0 Å². The SMILES string of the molecule is Cc1cc(C)n(Cc2cccc(NC(=O)Cn3cc([N+](=O)[O-])cn3)c2)n1. The number of nitro groups is 1. The maximum Gasteiger partial charge on any atom is 0.307 e. The lowest BCUT2D eigenvalue weighted by Gasteiger charge is -2.09. The van der Waals surface area contributed by atoms with Crippen LogP contribution in [0.3, 0.4) is 0 Å². The number of carbonyl (C=O) groups excluding carboxylic acids is 1. The summed E-state index contributed by atoms with van der Waals surface area (Å²) in [5.41, 5.74) is 3.53. The van der Waals surface area contributed by atoms with Gasteiger partial charge in [-0.3, -0.25) is 24.3 Å². The summed E-state index contributed by atoms with van der Waals surface area (Å²) in [5, 5.41) is 21.7. The van der Waals surface area contributed by atoms with Gasteiger partial charge >= 0.3 is 5.69 Å². The van der Waals surface area contributed by atoms with Crippen LogP contribution in [-0.2, 0) is 17.9 Å². The maximum absolute atomic E-state index is 12.1. The van der Waals surface area contributed by atoms with Crippen LogP contribution in [0, 0.1) is 24.0 Å². The number of carbonyl (C=O) groups is 1. The van der Waals surface area contributed by atoms with Crippen molar-refractivity contribution < 1.29 is 9.72 Å². The van der Waals surface area contributed by atoms with Gasteiger partial charge in [-0.25, -0.2) is 0 Å². The first kappa shape index (κ1) is 17.3. The Bertz CT molecular complexity index is 959. The van der Waals surface area contributed by atoms with E-state index in [1.807, 2.05) is 42.8 Å². The zero-order chi connectivity index (χ0) is 18.7. The van der Waals surface area contributed by atoms with Gasteiger partial charge < -0.3 is 5.32 Å². The van der Waals surface area contributed by atoms with Crippen LogP contribution >= 0.6 is 0 Å². The smallest absolute Gasteiger partial charge is 0.307 e. The molecule has 0 spiro atoms. The second-order valence-electron chi connectivity index (χ2n) is 5.99. The lowest BCUT2D eigenvalue weighted by atomic mass is 10.2. The molecular weight excluding hydrogens is 336 g/mol. The molecule has 1 amide bonds. The molecule has 134 valence electrons. The van der Waals surface area contributed by atoms with Gasteiger partial charge in [0.15, 0.2) is 0 Å². The number of hydrogen-bond donors (Lipinski definition) is 1. The largest absolute Gasteiger partial charge is 0.324 e. The van der Waals surface area contributed by atoms with E-state index < -0.39 is 4.92 Å². The Morgan fingerprint density at radius 1 is 1.31 bits per heavy atom. The Morgan fingerprint density at radius 2 is 2.12 bits per heavy atom. The quantitative estimate of drug-likeness (QED) is 0.540. The molecule has 9 nitrogen and oxygen atoms in total. The van der Waals surface area contributed by atoms with Crippen LogP contribution in [0.4, 0.5) is 11.4 Å². The predicted molar refractivity (Wildman–Crippen MR) is 94.8 cm³/mol. The van der Waals surface area contributed by atoms with E-state index in [2.05, 4.69) is 15.5 Å². The van der Waals surface area contributed by atoms with E-state index in [0.29, 0.717) is 12.2 Å². The molecule has 0 aliphatic heterocycles. The molecule has 0 aliphatic carbocycles. The van der Waals surface area contributed by atoms with E-state index in [9.17, 15) is 14.9 Å². The van der Waals surface area contributed by atoms with Crippen LogP contribution in [0.25, 0.3) is 0 Å². The number of rotatable bonds is 6. The van der Waals surface area contributed by atoms with Crippen molar-refractivity contribution in [2.24, 2.45) is 0 Å². The van der Waals surface area contributed by atoms with E-state index in [1.165, 1.54) is 10.9 Å². The number of aromatic nitrogens is 4. The number of nitrogens with one attached hydrogen (secondary N) is 1. The van der Waals surface area contributed by atoms with Gasteiger partial charge in [0.25, 0.3) is 0 Å². The van der Waals surface area contributed by atoms with Crippen molar-refractivity contribution in [2.75, 3.05) is 5.32 Å². The average molecular weight is 354 g/mol. The molecule has 0 aliphatic rings. The van der Waals surface area contributed by atoms with Crippen molar-refractivity contribution in [1.29, 1.82) is 0 Å². The van der Waals surface area contributed by atoms with Crippen molar-refractivity contribution in [1.82, 2.24) is 19.6 Å². The number of anilines is 1. The van der Waals surface area contributed by atoms with Crippen LogP contribution in [0.1, 0.15) is 17.0 Å². The van der Waals surface area contributed by atoms with Crippen LogP contribution in [0.5, 0.6) is 0 Å². The minimum atomic E-state index is -0.552. The minimum absolute atomic E-state index is 0.102. The van der Waals surface area contributed by atoms with Crippen molar-refractivity contribution >= 4 is 17.3 Å². The molecule has 2 aromatic heterocycles. The third kappa shape index (κ3) is 4.12. The summed E-state index contributed by atoms with van der Waals surface area (Å²) in [6, 6.07) is 9.49. The third-order valence-electron chi connectivity index (χ3n) is 3.78. The molecule has 0 atom stereocenters. The predicted octanol–water partition coefficient (Wildman–Crippen LogP) is 2.29. The molecule has 0 unspecified atom stereocenters. The molecule has 26 heavy (non-hydrogen) atoms. The average Bonchev–Trinajstić information content (AvgIpc) is 3.14. The van der Waals surface area contributed by atoms with Gasteiger partial charge in [-0.15, -0.1) is 0 Å². The molecule has 0 bridgehead atoms. The zero-order valence-electron chi connectivity index (χ0n) is 14.4.